The van der Waals surface area contributed by atoms with Crippen molar-refractivity contribution in [3.63, 3.8) is 0 Å². The molecule has 15 saturated carbocycles. The van der Waals surface area contributed by atoms with Crippen LogP contribution in [0.3, 0.4) is 0 Å². The third-order valence-electron chi connectivity index (χ3n) is 40.2. The maximum absolute atomic E-state index is 12.9. The summed E-state index contributed by atoms with van der Waals surface area (Å²) < 4.78 is 0. The van der Waals surface area contributed by atoms with Crippen LogP contribution in [0.4, 0.5) is 0 Å². The standard InChI is InChI=1S/C30H48O3.C30H46O3.C30H50O2.CH4.B.Na.H/c2*1-18(2)19-10-15-30(25(32)33)17-16-28(6)20(24(19)30)8-9-22-27(5)13-12-23(31)26(3,4)21(27)11-14-29(22,28)7;1-19(2)20-10-15-30(18-31)17-16-28(6)21(25(20)30)8-9-23-27(5)13-12-24(32)26(3,4)22(27)11-14-29(23,28)7;;;;/h19-24,31H,1,8-17H2,2-7H3,(H,32,33);19-22,24H,1,8-17H2,2-7H3,(H,32,33);20-25,31-32H,1,8-18H2,2-7H3;1H4;;;/q;;;;;+1;-1/t19-,20?,21?,22?,23-,24?,27-,28+,29+,30?;19-,20?,21?,22?,24?,27-,28+,29+,30?;20-,21?,22?,23?,24-,25?,27-,28+,29+,30?;;;;/m000..../s1. The number of hydrogen-bond acceptors (Lipinski definition) is 6. The smallest absolute Gasteiger partial charge is 1.00 e. The number of ketones is 1. The largest absolute Gasteiger partial charge is 1.00 e. The van der Waals surface area contributed by atoms with E-state index in [1.54, 1.807) is 0 Å². The first kappa shape index (κ1) is 82.3. The van der Waals surface area contributed by atoms with E-state index in [1.807, 2.05) is 0 Å². The first-order valence-corrected chi connectivity index (χ1v) is 41.3. The number of Topliss-reactive ketones (excluding diaryl/α,β-unsaturated/α-hetero) is 1. The summed E-state index contributed by atoms with van der Waals surface area (Å²) in [6.45, 7) is 57.1. The van der Waals surface area contributed by atoms with Crippen molar-refractivity contribution in [2.75, 3.05) is 6.61 Å². The van der Waals surface area contributed by atoms with Crippen molar-refractivity contribution < 1.29 is 70.9 Å². The van der Waals surface area contributed by atoms with Gasteiger partial charge in [0, 0.05) is 26.9 Å². The number of aliphatic hydroxyl groups is 3. The van der Waals surface area contributed by atoms with E-state index in [0.717, 1.165) is 108 Å². The molecule has 0 saturated heterocycles. The van der Waals surface area contributed by atoms with Crippen molar-refractivity contribution >= 4 is 26.1 Å². The molecule has 0 bridgehead atoms. The van der Waals surface area contributed by atoms with Crippen LogP contribution in [0, 0.1) is 170 Å². The molecular weight excluding hydrogens is 1250 g/mol. The Morgan fingerprint density at radius 2 is 0.723 bits per heavy atom. The Bertz CT molecular complexity index is 3230. The number of carbonyl (C=O) groups is 3. The molecule has 0 amide bonds. The Labute approximate surface area is 642 Å². The minimum Gasteiger partial charge on any atom is -1.00 e. The SMILES string of the molecule is C.C=C(C)[C@@H]1CCC2(C(=O)O)CC[C@]3(C)C(CCC4[C@@]5(C)CCC(=O)C(C)(C)C5CC[C@]43C)C12.C=C(C)[C@@H]1CCC2(C(=O)O)CC[C@]3(C)C(CCC4[C@@]5(C)CC[C@H](O)C(C)(C)C5CC[C@]43C)C12.C=C(C)[C@@H]1CCC2(CO)CC[C@]3(C)C(CCC4[C@@]5(C)CC[C@H](O)C(C)(C)C5CC[C@]43C)C12.[B].[H-].[Na+]. The van der Waals surface area contributed by atoms with E-state index in [0.29, 0.717) is 93.7 Å². The molecule has 10 heteroatoms. The van der Waals surface area contributed by atoms with Gasteiger partial charge in [0.15, 0.2) is 0 Å². The van der Waals surface area contributed by atoms with Crippen molar-refractivity contribution in [3.8, 4) is 0 Å². The Balaban J connectivity index is 0.000000175. The molecule has 565 valence electrons. The number of carboxylic acid groups (broad SMARTS) is 2. The van der Waals surface area contributed by atoms with Crippen molar-refractivity contribution in [1.82, 2.24) is 0 Å². The molecule has 15 aliphatic rings. The summed E-state index contributed by atoms with van der Waals surface area (Å²) in [7, 11) is 0. The third-order valence-corrected chi connectivity index (χ3v) is 40.2. The van der Waals surface area contributed by atoms with Crippen LogP contribution in [-0.4, -0.2) is 70.5 Å². The summed E-state index contributed by atoms with van der Waals surface area (Å²) in [5, 5.41) is 53.4. The van der Waals surface area contributed by atoms with Gasteiger partial charge in [0.25, 0.3) is 0 Å². The van der Waals surface area contributed by atoms with Crippen molar-refractivity contribution in [2.24, 2.45) is 170 Å². The Morgan fingerprint density at radius 1 is 0.396 bits per heavy atom. The van der Waals surface area contributed by atoms with Crippen LogP contribution in [0.1, 0.15) is 326 Å². The fourth-order valence-corrected chi connectivity index (χ4v) is 34.4. The summed E-state index contributed by atoms with van der Waals surface area (Å²) in [6.07, 6.45) is 32.8. The molecule has 15 unspecified atom stereocenters. The molecule has 0 aromatic carbocycles. The van der Waals surface area contributed by atoms with Crippen LogP contribution >= 0.6 is 0 Å². The second-order valence-corrected chi connectivity index (χ2v) is 43.4. The van der Waals surface area contributed by atoms with E-state index >= 15 is 0 Å². The predicted molar refractivity (Wildman–Crippen MR) is 410 cm³/mol. The second kappa shape index (κ2) is 26.5. The summed E-state index contributed by atoms with van der Waals surface area (Å²) in [4.78, 5) is 38.4. The molecule has 29 atom stereocenters. The first-order valence-electron chi connectivity index (χ1n) is 41.3. The monoisotopic (exact) mass is 1400 g/mol. The van der Waals surface area contributed by atoms with Crippen LogP contribution in [-0.2, 0) is 14.4 Å². The van der Waals surface area contributed by atoms with E-state index in [1.165, 1.54) is 113 Å². The molecule has 0 aromatic heterocycles. The van der Waals surface area contributed by atoms with Gasteiger partial charge in [-0.3, -0.25) is 14.4 Å². The maximum Gasteiger partial charge on any atom is 1.00 e. The number of aliphatic hydroxyl groups excluding tert-OH is 3. The molecule has 8 nitrogen and oxygen atoms in total. The summed E-state index contributed by atoms with van der Waals surface area (Å²) >= 11 is 0. The van der Waals surface area contributed by atoms with Crippen LogP contribution in [0.25, 0.3) is 0 Å². The molecule has 15 rings (SSSR count). The summed E-state index contributed by atoms with van der Waals surface area (Å²) in [5.74, 6) is 7.19. The fourth-order valence-electron chi connectivity index (χ4n) is 34.4. The van der Waals surface area contributed by atoms with Crippen LogP contribution in [0.2, 0.25) is 0 Å². The van der Waals surface area contributed by atoms with Gasteiger partial charge in [-0.15, -0.1) is 0 Å². The average molecular weight is 1400 g/mol. The Morgan fingerprint density at radius 3 is 1.08 bits per heavy atom. The number of fused-ring (bicyclic) bond motifs is 21. The van der Waals surface area contributed by atoms with E-state index in [9.17, 15) is 39.9 Å². The van der Waals surface area contributed by atoms with Gasteiger partial charge < -0.3 is 27.0 Å². The zero-order valence-corrected chi connectivity index (χ0v) is 69.4. The normalized spacial score (nSPS) is 53.1. The summed E-state index contributed by atoms with van der Waals surface area (Å²) in [5.41, 5.74) is 4.98. The number of aliphatic carboxylic acids is 2. The molecule has 5 N–H and O–H groups in total. The third kappa shape index (κ3) is 10.8. The molecule has 0 aromatic rings. The van der Waals surface area contributed by atoms with Gasteiger partial charge in [0.05, 0.1) is 23.0 Å². The zero-order chi connectivity index (χ0) is 71.7. The average Bonchev–Trinajstić information content (AvgIpc) is 1.06. The fraction of sp³-hybridized carbons (Fsp3) is 0.901. The number of carboxylic acids is 2. The molecular formula is C91H149BNaO8. The van der Waals surface area contributed by atoms with Crippen LogP contribution < -0.4 is 29.6 Å². The number of allylic oxidation sites excluding steroid dienone is 3. The molecule has 15 aliphatic carbocycles. The van der Waals surface area contributed by atoms with Crippen molar-refractivity contribution in [1.29, 1.82) is 0 Å². The van der Waals surface area contributed by atoms with Gasteiger partial charge in [-0.05, 0) is 361 Å². The number of rotatable bonds is 6. The van der Waals surface area contributed by atoms with Gasteiger partial charge in [0.2, 0.25) is 0 Å². The minimum absolute atomic E-state index is 0. The van der Waals surface area contributed by atoms with Gasteiger partial charge in [-0.2, -0.15) is 0 Å². The van der Waals surface area contributed by atoms with Crippen LogP contribution in [0.5, 0.6) is 0 Å². The van der Waals surface area contributed by atoms with E-state index in [-0.39, 0.29) is 125 Å². The van der Waals surface area contributed by atoms with Crippen molar-refractivity contribution in [3.05, 3.63) is 36.5 Å². The molecule has 0 spiro atoms. The molecule has 101 heavy (non-hydrogen) atoms. The first-order chi connectivity index (χ1) is 45.4. The Hall–Kier alpha value is -1.23. The summed E-state index contributed by atoms with van der Waals surface area (Å²) in [6, 6.07) is 0. The van der Waals surface area contributed by atoms with Crippen LogP contribution in [0.15, 0.2) is 36.5 Å². The van der Waals surface area contributed by atoms with Crippen molar-refractivity contribution in [2.45, 2.75) is 337 Å². The molecule has 0 heterocycles. The maximum atomic E-state index is 12.9. The quantitative estimate of drug-likeness (QED) is 0.130. The number of hydrogen-bond donors (Lipinski definition) is 5. The topological polar surface area (TPSA) is 152 Å². The molecule has 3 radical (unpaired) electrons. The minimum atomic E-state index is -0.547. The Kier molecular flexibility index (Phi) is 21.6. The van der Waals surface area contributed by atoms with E-state index in [2.05, 4.69) is 144 Å². The second-order valence-electron chi connectivity index (χ2n) is 43.4. The molecule has 15 fully saturated rings. The van der Waals surface area contributed by atoms with Gasteiger partial charge in [-0.1, -0.05) is 148 Å². The predicted octanol–water partition coefficient (Wildman–Crippen LogP) is 18.8. The number of carbonyl (C=O) groups excluding carboxylic acids is 1. The van der Waals surface area contributed by atoms with Gasteiger partial charge >= 0.3 is 41.5 Å². The van der Waals surface area contributed by atoms with E-state index < -0.39 is 22.8 Å². The molecule has 0 aliphatic heterocycles. The zero-order valence-electron chi connectivity index (χ0n) is 68.4. The van der Waals surface area contributed by atoms with E-state index in [4.69, 9.17) is 0 Å². The van der Waals surface area contributed by atoms with Gasteiger partial charge in [-0.25, -0.2) is 0 Å². The van der Waals surface area contributed by atoms with Gasteiger partial charge in [0.1, 0.15) is 5.78 Å².